The van der Waals surface area contributed by atoms with E-state index in [-0.39, 0.29) is 17.6 Å². The van der Waals surface area contributed by atoms with Gasteiger partial charge in [-0.2, -0.15) is 0 Å². The molecule has 6 heteroatoms. The molecule has 1 saturated heterocycles. The summed E-state index contributed by atoms with van der Waals surface area (Å²) in [4.78, 5) is 17.8. The van der Waals surface area contributed by atoms with E-state index in [9.17, 15) is 4.79 Å². The molecular weight excluding hydrogens is 446 g/mol. The van der Waals surface area contributed by atoms with Crippen LogP contribution in [-0.2, 0) is 21.7 Å². The first-order valence-corrected chi connectivity index (χ1v) is 12.5. The van der Waals surface area contributed by atoms with Gasteiger partial charge in [0.1, 0.15) is 6.04 Å². The van der Waals surface area contributed by atoms with Gasteiger partial charge in [0.15, 0.2) is 0 Å². The van der Waals surface area contributed by atoms with Gasteiger partial charge in [0, 0.05) is 44.1 Å². The number of rotatable bonds is 7. The molecule has 1 amide bonds. The zero-order valence-electron chi connectivity index (χ0n) is 19.7. The fraction of sp³-hybridized carbons (Fsp3) is 0.393. The summed E-state index contributed by atoms with van der Waals surface area (Å²) in [6.45, 7) is 4.51. The Kier molecular flexibility index (Phi) is 6.77. The van der Waals surface area contributed by atoms with Crippen molar-refractivity contribution < 1.29 is 9.53 Å². The Labute approximate surface area is 206 Å². The van der Waals surface area contributed by atoms with E-state index >= 15 is 0 Å². The van der Waals surface area contributed by atoms with E-state index in [0.29, 0.717) is 5.02 Å². The molecule has 0 radical (unpaired) electrons. The lowest BCUT2D eigenvalue weighted by Crippen LogP contribution is -2.43. The Bertz CT molecular complexity index is 1100. The van der Waals surface area contributed by atoms with Crippen LogP contribution in [0.25, 0.3) is 0 Å². The van der Waals surface area contributed by atoms with E-state index in [1.807, 2.05) is 65.3 Å². The van der Waals surface area contributed by atoms with E-state index in [2.05, 4.69) is 29.2 Å². The monoisotopic (exact) mass is 477 g/mol. The minimum absolute atomic E-state index is 0.0899. The van der Waals surface area contributed by atoms with Gasteiger partial charge in [-0.05, 0) is 66.8 Å². The highest BCUT2D eigenvalue weighted by Crippen LogP contribution is 2.43. The van der Waals surface area contributed by atoms with Crippen molar-refractivity contribution in [2.24, 2.45) is 0 Å². The molecule has 0 saturated carbocycles. The fourth-order valence-corrected chi connectivity index (χ4v) is 5.52. The average molecular weight is 478 g/mol. The van der Waals surface area contributed by atoms with Crippen molar-refractivity contribution in [3.8, 4) is 0 Å². The summed E-state index contributed by atoms with van der Waals surface area (Å²) >= 11 is 6.08. The van der Waals surface area contributed by atoms with Crippen LogP contribution in [0.2, 0.25) is 5.02 Å². The number of piperidine rings is 1. The smallest absolute Gasteiger partial charge is 0.249 e. The Morgan fingerprint density at radius 3 is 2.50 bits per heavy atom. The van der Waals surface area contributed by atoms with Gasteiger partial charge >= 0.3 is 0 Å². The summed E-state index contributed by atoms with van der Waals surface area (Å²) in [6.07, 6.45) is 6.90. The third-order valence-electron chi connectivity index (χ3n) is 7.37. The van der Waals surface area contributed by atoms with Gasteiger partial charge in [-0.3, -0.25) is 4.79 Å². The maximum absolute atomic E-state index is 13.4. The van der Waals surface area contributed by atoms with Crippen LogP contribution >= 0.6 is 11.6 Å². The lowest BCUT2D eigenvalue weighted by Gasteiger charge is -2.39. The molecule has 0 aliphatic carbocycles. The highest BCUT2D eigenvalue weighted by molar-refractivity contribution is 6.30. The van der Waals surface area contributed by atoms with Crippen LogP contribution in [0, 0.1) is 0 Å². The topological polar surface area (TPSA) is 37.7 Å². The number of carbonyl (C=O) groups is 1. The summed E-state index contributed by atoms with van der Waals surface area (Å²) in [5.74, 6) is 0.0899. The molecule has 5 nitrogen and oxygen atoms in total. The molecule has 2 aromatic carbocycles. The van der Waals surface area contributed by atoms with Crippen molar-refractivity contribution in [1.29, 1.82) is 0 Å². The van der Waals surface area contributed by atoms with E-state index in [4.69, 9.17) is 16.3 Å². The molecule has 3 heterocycles. The van der Waals surface area contributed by atoms with Gasteiger partial charge in [-0.15, -0.1) is 0 Å². The molecule has 3 aromatic rings. The normalized spacial score (nSPS) is 18.1. The largest absolute Gasteiger partial charge is 0.365 e. The van der Waals surface area contributed by atoms with Gasteiger partial charge in [0.05, 0.1) is 12.2 Å². The molecule has 0 bridgehead atoms. The van der Waals surface area contributed by atoms with E-state index in [0.717, 1.165) is 57.6 Å². The second kappa shape index (κ2) is 9.95. The van der Waals surface area contributed by atoms with Gasteiger partial charge in [-0.1, -0.05) is 48.0 Å². The first-order valence-electron chi connectivity index (χ1n) is 12.1. The molecule has 0 N–H and O–H groups in total. The van der Waals surface area contributed by atoms with Gasteiger partial charge in [0.25, 0.3) is 0 Å². The second-order valence-electron chi connectivity index (χ2n) is 9.48. The Hall–Kier alpha value is -2.60. The number of fused-ring (bicyclic) bond motifs is 2. The predicted molar refractivity (Wildman–Crippen MR) is 135 cm³/mol. The summed E-state index contributed by atoms with van der Waals surface area (Å²) in [6, 6.07) is 19.7. The van der Waals surface area contributed by atoms with Crippen LogP contribution in [-0.4, -0.2) is 53.5 Å². The number of carbonyl (C=O) groups excluding carboxylic acids is 1. The van der Waals surface area contributed by atoms with Crippen LogP contribution in [0.1, 0.15) is 42.0 Å². The van der Waals surface area contributed by atoms with Crippen molar-refractivity contribution in [2.45, 2.75) is 37.5 Å². The van der Waals surface area contributed by atoms with Crippen molar-refractivity contribution in [3.63, 3.8) is 0 Å². The number of hydrogen-bond acceptors (Lipinski definition) is 3. The first-order chi connectivity index (χ1) is 16.6. The number of hydrogen-bond donors (Lipinski definition) is 0. The highest BCUT2D eigenvalue weighted by atomic mass is 35.5. The zero-order valence-corrected chi connectivity index (χ0v) is 20.5. The van der Waals surface area contributed by atoms with Crippen LogP contribution in [0.4, 0.5) is 0 Å². The van der Waals surface area contributed by atoms with Crippen molar-refractivity contribution in [2.75, 3.05) is 33.2 Å². The quantitative estimate of drug-likeness (QED) is 0.475. The van der Waals surface area contributed by atoms with Gasteiger partial charge in [0.2, 0.25) is 5.91 Å². The molecule has 1 aromatic heterocycles. The third-order valence-corrected chi connectivity index (χ3v) is 7.62. The van der Waals surface area contributed by atoms with Crippen molar-refractivity contribution >= 4 is 17.5 Å². The predicted octanol–water partition coefficient (Wildman–Crippen LogP) is 5.10. The fourth-order valence-electron chi connectivity index (χ4n) is 5.39. The van der Waals surface area contributed by atoms with Crippen molar-refractivity contribution in [3.05, 3.63) is 94.8 Å². The van der Waals surface area contributed by atoms with E-state index in [1.54, 1.807) is 0 Å². The molecule has 178 valence electrons. The summed E-state index contributed by atoms with van der Waals surface area (Å²) in [5, 5.41) is 0.672. The minimum atomic E-state index is -0.383. The lowest BCUT2D eigenvalue weighted by molar-refractivity contribution is -0.132. The Morgan fingerprint density at radius 2 is 1.76 bits per heavy atom. The number of amides is 1. The van der Waals surface area contributed by atoms with E-state index in [1.165, 1.54) is 11.1 Å². The molecule has 1 spiro atoms. The van der Waals surface area contributed by atoms with Crippen LogP contribution in [0.3, 0.4) is 0 Å². The molecular formula is C28H32ClN3O2. The Balaban J connectivity index is 1.15. The third kappa shape index (κ3) is 4.65. The van der Waals surface area contributed by atoms with Crippen LogP contribution in [0.5, 0.6) is 0 Å². The molecule has 2 aliphatic rings. The molecule has 2 aliphatic heterocycles. The zero-order chi connectivity index (χ0) is 23.5. The summed E-state index contributed by atoms with van der Waals surface area (Å²) in [5.41, 5.74) is 3.57. The maximum Gasteiger partial charge on any atom is 0.249 e. The van der Waals surface area contributed by atoms with Crippen LogP contribution in [0.15, 0.2) is 73.1 Å². The number of benzene rings is 2. The second-order valence-corrected chi connectivity index (χ2v) is 9.92. The van der Waals surface area contributed by atoms with Gasteiger partial charge < -0.3 is 19.1 Å². The van der Waals surface area contributed by atoms with E-state index < -0.39 is 0 Å². The summed E-state index contributed by atoms with van der Waals surface area (Å²) in [7, 11) is 1.91. The summed E-state index contributed by atoms with van der Waals surface area (Å²) < 4.78 is 8.26. The molecule has 1 unspecified atom stereocenters. The molecule has 5 rings (SSSR count). The number of halogens is 1. The maximum atomic E-state index is 13.4. The van der Waals surface area contributed by atoms with Gasteiger partial charge in [-0.25, -0.2) is 0 Å². The van der Waals surface area contributed by atoms with Crippen molar-refractivity contribution in [1.82, 2.24) is 14.4 Å². The number of likely N-dealkylation sites (tertiary alicyclic amines) is 1. The molecule has 1 fully saturated rings. The molecule has 34 heavy (non-hydrogen) atoms. The number of aromatic nitrogens is 1. The standard InChI is InChI=1S/C28H32ClN3O2/c1-30(27(33)26(32-17-4-5-18-32)22-9-11-24(29)12-10-22)15-6-16-31-19-13-28(14-20-31)25-8-3-2-7-23(25)21-34-28/h2-5,7-12,17-18,26H,6,13-16,19-21H2,1H3. The molecule has 1 atom stereocenters. The number of likely N-dealkylation sites (N-methyl/N-ethyl adjacent to an activating group) is 1. The number of ether oxygens (including phenoxy) is 1. The Morgan fingerprint density at radius 1 is 1.06 bits per heavy atom. The minimum Gasteiger partial charge on any atom is -0.365 e. The average Bonchev–Trinajstić information content (AvgIpc) is 3.51. The highest BCUT2D eigenvalue weighted by Gasteiger charge is 2.42. The number of nitrogens with zero attached hydrogens (tertiary/aromatic N) is 3. The lowest BCUT2D eigenvalue weighted by atomic mass is 9.84. The first kappa shape index (κ1) is 23.2. The van der Waals surface area contributed by atoms with Crippen LogP contribution < -0.4 is 0 Å². The SMILES string of the molecule is CN(CCCN1CCC2(CC1)OCc1ccccc12)C(=O)C(c1ccc(Cl)cc1)n1cccc1.